The molecule has 0 bridgehead atoms. The summed E-state index contributed by atoms with van der Waals surface area (Å²) in [5.41, 5.74) is 4.56. The largest absolute Gasteiger partial charge is 0.487 e. The van der Waals surface area contributed by atoms with E-state index >= 15 is 0 Å². The van der Waals surface area contributed by atoms with Crippen molar-refractivity contribution >= 4 is 33.2 Å². The molecule has 3 rings (SSSR count). The molecule has 1 N–H and O–H groups in total. The first-order valence-electron chi connectivity index (χ1n) is 8.06. The van der Waals surface area contributed by atoms with Crippen molar-refractivity contribution in [3.8, 4) is 5.75 Å². The summed E-state index contributed by atoms with van der Waals surface area (Å²) in [6.07, 6.45) is 0. The lowest BCUT2D eigenvalue weighted by Crippen LogP contribution is -2.00. The highest BCUT2D eigenvalue weighted by Gasteiger charge is 2.04. The predicted octanol–water partition coefficient (Wildman–Crippen LogP) is 6.60. The van der Waals surface area contributed by atoms with E-state index in [4.69, 9.17) is 16.3 Å². The highest BCUT2D eigenvalue weighted by Crippen LogP contribution is 2.27. The molecule has 0 spiro atoms. The van der Waals surface area contributed by atoms with Crippen molar-refractivity contribution in [2.75, 3.05) is 5.32 Å². The van der Waals surface area contributed by atoms with E-state index in [0.29, 0.717) is 17.4 Å². The zero-order chi connectivity index (χ0) is 17.6. The van der Waals surface area contributed by atoms with Crippen LogP contribution in [-0.4, -0.2) is 0 Å². The number of nitrogens with one attached hydrogen (secondary N) is 1. The lowest BCUT2D eigenvalue weighted by atomic mass is 10.2. The molecular formula is C21H19BrClNO. The van der Waals surface area contributed by atoms with Gasteiger partial charge in [-0.3, -0.25) is 0 Å². The number of benzene rings is 3. The second-order valence-corrected chi connectivity index (χ2v) is 7.22. The third-order valence-electron chi connectivity index (χ3n) is 3.85. The van der Waals surface area contributed by atoms with Crippen LogP contribution in [0.2, 0.25) is 5.02 Å². The van der Waals surface area contributed by atoms with Crippen molar-refractivity contribution in [2.24, 2.45) is 0 Å². The summed E-state index contributed by atoms with van der Waals surface area (Å²) >= 11 is 9.79. The van der Waals surface area contributed by atoms with Crippen molar-refractivity contribution in [1.82, 2.24) is 0 Å². The van der Waals surface area contributed by atoms with E-state index in [1.54, 1.807) is 0 Å². The molecule has 128 valence electrons. The van der Waals surface area contributed by atoms with Crippen LogP contribution in [-0.2, 0) is 13.2 Å². The molecule has 0 heterocycles. The van der Waals surface area contributed by atoms with Gasteiger partial charge in [0.1, 0.15) is 12.4 Å². The van der Waals surface area contributed by atoms with Gasteiger partial charge in [0.05, 0.1) is 5.02 Å². The molecule has 0 unspecified atom stereocenters. The van der Waals surface area contributed by atoms with Crippen molar-refractivity contribution in [3.05, 3.63) is 92.9 Å². The number of hydrogen-bond acceptors (Lipinski definition) is 2. The molecule has 4 heteroatoms. The number of anilines is 1. The van der Waals surface area contributed by atoms with E-state index in [1.807, 2.05) is 42.5 Å². The molecule has 3 aromatic rings. The van der Waals surface area contributed by atoms with E-state index in [9.17, 15) is 0 Å². The van der Waals surface area contributed by atoms with E-state index in [0.717, 1.165) is 27.8 Å². The van der Waals surface area contributed by atoms with Gasteiger partial charge in [-0.1, -0.05) is 63.4 Å². The highest BCUT2D eigenvalue weighted by molar-refractivity contribution is 9.10. The second-order valence-electron chi connectivity index (χ2n) is 5.90. The molecule has 0 aromatic heterocycles. The molecular weight excluding hydrogens is 398 g/mol. The zero-order valence-corrected chi connectivity index (χ0v) is 16.3. The molecule has 0 saturated carbocycles. The van der Waals surface area contributed by atoms with Crippen LogP contribution in [0.4, 0.5) is 5.69 Å². The van der Waals surface area contributed by atoms with Crippen LogP contribution >= 0.6 is 27.5 Å². The second kappa shape index (κ2) is 8.41. The van der Waals surface area contributed by atoms with E-state index in [-0.39, 0.29) is 0 Å². The minimum Gasteiger partial charge on any atom is -0.487 e. The number of rotatable bonds is 6. The Kier molecular flexibility index (Phi) is 6.00. The van der Waals surface area contributed by atoms with Crippen LogP contribution in [0.5, 0.6) is 5.75 Å². The topological polar surface area (TPSA) is 21.3 Å². The molecule has 0 saturated heterocycles. The Morgan fingerprint density at radius 1 is 0.920 bits per heavy atom. The van der Waals surface area contributed by atoms with Gasteiger partial charge in [-0.15, -0.1) is 0 Å². The van der Waals surface area contributed by atoms with Crippen LogP contribution in [0.1, 0.15) is 16.7 Å². The average Bonchev–Trinajstić information content (AvgIpc) is 2.62. The van der Waals surface area contributed by atoms with Crippen molar-refractivity contribution in [3.63, 3.8) is 0 Å². The van der Waals surface area contributed by atoms with Crippen LogP contribution in [0.15, 0.2) is 71.2 Å². The molecule has 0 aliphatic carbocycles. The highest BCUT2D eigenvalue weighted by atomic mass is 79.9. The molecule has 0 atom stereocenters. The summed E-state index contributed by atoms with van der Waals surface area (Å²) in [5.74, 6) is 0.698. The Labute approximate surface area is 161 Å². The maximum atomic E-state index is 6.36. The number of ether oxygens (including phenoxy) is 1. The Morgan fingerprint density at radius 2 is 1.60 bits per heavy atom. The van der Waals surface area contributed by atoms with Crippen LogP contribution in [0.3, 0.4) is 0 Å². The molecule has 3 aromatic carbocycles. The molecule has 0 amide bonds. The van der Waals surface area contributed by atoms with Gasteiger partial charge in [-0.25, -0.2) is 0 Å². The van der Waals surface area contributed by atoms with Gasteiger partial charge >= 0.3 is 0 Å². The van der Waals surface area contributed by atoms with Crippen LogP contribution in [0, 0.1) is 6.92 Å². The number of halogens is 2. The Hall–Kier alpha value is -1.97. The molecule has 25 heavy (non-hydrogen) atoms. The van der Waals surface area contributed by atoms with Gasteiger partial charge in [0.25, 0.3) is 0 Å². The minimum absolute atomic E-state index is 0.494. The molecule has 0 aliphatic heterocycles. The smallest absolute Gasteiger partial charge is 0.138 e. The van der Waals surface area contributed by atoms with Gasteiger partial charge in [0.15, 0.2) is 0 Å². The zero-order valence-electron chi connectivity index (χ0n) is 13.9. The normalized spacial score (nSPS) is 10.5. The first-order valence-corrected chi connectivity index (χ1v) is 9.23. The fourth-order valence-corrected chi connectivity index (χ4v) is 2.91. The maximum absolute atomic E-state index is 6.36. The van der Waals surface area contributed by atoms with Crippen LogP contribution < -0.4 is 10.1 Å². The van der Waals surface area contributed by atoms with Gasteiger partial charge in [-0.05, 0) is 54.4 Å². The number of aryl methyl sites for hydroxylation is 1. The van der Waals surface area contributed by atoms with E-state index < -0.39 is 0 Å². The first-order chi connectivity index (χ1) is 12.1. The summed E-state index contributed by atoms with van der Waals surface area (Å²) in [4.78, 5) is 0. The van der Waals surface area contributed by atoms with Crippen molar-refractivity contribution in [1.29, 1.82) is 0 Å². The molecule has 2 nitrogen and oxygen atoms in total. The molecule has 0 aliphatic rings. The predicted molar refractivity (Wildman–Crippen MR) is 108 cm³/mol. The minimum atomic E-state index is 0.494. The quantitative estimate of drug-likeness (QED) is 0.488. The summed E-state index contributed by atoms with van der Waals surface area (Å²) in [6, 6.07) is 22.3. The lowest BCUT2D eigenvalue weighted by Gasteiger charge is -2.11. The van der Waals surface area contributed by atoms with Gasteiger partial charge in [-0.2, -0.15) is 0 Å². The van der Waals surface area contributed by atoms with Gasteiger partial charge in [0.2, 0.25) is 0 Å². The van der Waals surface area contributed by atoms with Crippen LogP contribution in [0.25, 0.3) is 0 Å². The summed E-state index contributed by atoms with van der Waals surface area (Å²) in [6.45, 7) is 3.29. The monoisotopic (exact) mass is 415 g/mol. The molecule has 0 fully saturated rings. The standard InChI is InChI=1S/C21H19BrClNO/c1-15-2-9-19(10-3-15)24-13-17-6-11-21(20(23)12-17)25-14-16-4-7-18(22)8-5-16/h2-12,24H,13-14H2,1H3. The fraction of sp³-hybridized carbons (Fsp3) is 0.143. The summed E-state index contributed by atoms with van der Waals surface area (Å²) < 4.78 is 6.88. The molecule has 0 radical (unpaired) electrons. The van der Waals surface area contributed by atoms with E-state index in [1.165, 1.54) is 5.56 Å². The van der Waals surface area contributed by atoms with Gasteiger partial charge < -0.3 is 10.1 Å². The van der Waals surface area contributed by atoms with Crippen molar-refractivity contribution in [2.45, 2.75) is 20.1 Å². The fourth-order valence-electron chi connectivity index (χ4n) is 2.39. The summed E-state index contributed by atoms with van der Waals surface area (Å²) in [5, 5.41) is 4.02. The third kappa shape index (κ3) is 5.25. The Balaban J connectivity index is 1.58. The van der Waals surface area contributed by atoms with E-state index in [2.05, 4.69) is 52.4 Å². The first kappa shape index (κ1) is 17.8. The third-order valence-corrected chi connectivity index (χ3v) is 4.68. The van der Waals surface area contributed by atoms with Gasteiger partial charge in [0, 0.05) is 16.7 Å². The SMILES string of the molecule is Cc1ccc(NCc2ccc(OCc3ccc(Br)cc3)c(Cl)c2)cc1. The lowest BCUT2D eigenvalue weighted by molar-refractivity contribution is 0.306. The summed E-state index contributed by atoms with van der Waals surface area (Å²) in [7, 11) is 0. The average molecular weight is 417 g/mol. The number of hydrogen-bond donors (Lipinski definition) is 1. The maximum Gasteiger partial charge on any atom is 0.138 e. The Morgan fingerprint density at radius 3 is 2.28 bits per heavy atom. The van der Waals surface area contributed by atoms with Crippen molar-refractivity contribution < 1.29 is 4.74 Å². The Bertz CT molecular complexity index is 832.